The third-order valence-corrected chi connectivity index (χ3v) is 3.55. The molecule has 0 saturated heterocycles. The molecule has 3 heteroatoms. The highest BCUT2D eigenvalue weighted by atomic mass is 19.1. The van der Waals surface area contributed by atoms with Gasteiger partial charge in [-0.1, -0.05) is 12.1 Å². The van der Waals surface area contributed by atoms with E-state index >= 15 is 0 Å². The number of halogens is 1. The minimum Gasteiger partial charge on any atom is -0.248 e. The number of aromatic nitrogens is 1. The van der Waals surface area contributed by atoms with Gasteiger partial charge in [0.15, 0.2) is 0 Å². The van der Waals surface area contributed by atoms with Crippen LogP contribution in [-0.4, -0.2) is 4.98 Å². The minimum atomic E-state index is -0.255. The van der Waals surface area contributed by atoms with E-state index in [0.717, 1.165) is 27.7 Å². The number of fused-ring (bicyclic) bond motifs is 1. The zero-order valence-electron chi connectivity index (χ0n) is 11.5. The molecule has 2 nitrogen and oxygen atoms in total. The summed E-state index contributed by atoms with van der Waals surface area (Å²) < 4.78 is 13.0. The summed E-state index contributed by atoms with van der Waals surface area (Å²) in [6.45, 7) is 1.88. The third-order valence-electron chi connectivity index (χ3n) is 3.55. The first-order chi connectivity index (χ1) is 10.2. The van der Waals surface area contributed by atoms with Crippen LogP contribution in [-0.2, 0) is 0 Å². The van der Waals surface area contributed by atoms with Crippen molar-refractivity contribution >= 4 is 10.9 Å². The second-order valence-corrected chi connectivity index (χ2v) is 5.01. The molecule has 2 aromatic carbocycles. The molecule has 1 aromatic heterocycles. The molecule has 3 aromatic rings. The fourth-order valence-electron chi connectivity index (χ4n) is 2.27. The summed E-state index contributed by atoms with van der Waals surface area (Å²) in [7, 11) is 0. The van der Waals surface area contributed by atoms with Gasteiger partial charge in [0.05, 0.1) is 23.2 Å². The molecule has 102 valence electrons. The van der Waals surface area contributed by atoms with Crippen LogP contribution in [0.4, 0.5) is 4.39 Å². The average molecular weight is 276 g/mol. The van der Waals surface area contributed by atoms with E-state index in [9.17, 15) is 4.39 Å². The van der Waals surface area contributed by atoms with E-state index in [1.165, 1.54) is 12.1 Å². The van der Waals surface area contributed by atoms with Crippen LogP contribution in [0, 0.1) is 17.1 Å². The number of hydrogen-bond donors (Lipinski definition) is 0. The maximum absolute atomic E-state index is 13.0. The normalized spacial score (nSPS) is 12.0. The van der Waals surface area contributed by atoms with Crippen molar-refractivity contribution in [2.24, 2.45) is 0 Å². The van der Waals surface area contributed by atoms with Crippen molar-refractivity contribution in [3.8, 4) is 17.3 Å². The molecule has 1 heterocycles. The summed E-state index contributed by atoms with van der Waals surface area (Å²) in [6, 6.07) is 18.3. The Morgan fingerprint density at radius 3 is 2.52 bits per heavy atom. The first kappa shape index (κ1) is 13.3. The highest BCUT2D eigenvalue weighted by Crippen LogP contribution is 2.24. The molecule has 0 saturated carbocycles. The molecular weight excluding hydrogens is 263 g/mol. The van der Waals surface area contributed by atoms with Gasteiger partial charge in [-0.25, -0.2) is 9.37 Å². The number of benzene rings is 2. The summed E-state index contributed by atoms with van der Waals surface area (Å²) in [6.07, 6.45) is 0. The van der Waals surface area contributed by atoms with E-state index in [0.29, 0.717) is 0 Å². The Labute approximate surface area is 122 Å². The van der Waals surface area contributed by atoms with Crippen LogP contribution in [0.2, 0.25) is 0 Å². The van der Waals surface area contributed by atoms with Crippen LogP contribution in [0.25, 0.3) is 22.2 Å². The number of rotatable bonds is 2. The predicted octanol–water partition coefficient (Wildman–Crippen LogP) is 4.67. The molecule has 0 fully saturated rings. The zero-order chi connectivity index (χ0) is 14.8. The van der Waals surface area contributed by atoms with Gasteiger partial charge in [-0.3, -0.25) is 0 Å². The summed E-state index contributed by atoms with van der Waals surface area (Å²) in [5.74, 6) is -0.388. The van der Waals surface area contributed by atoms with Gasteiger partial charge in [0.2, 0.25) is 0 Å². The molecule has 0 bridgehead atoms. The van der Waals surface area contributed by atoms with Crippen molar-refractivity contribution in [1.82, 2.24) is 4.98 Å². The average Bonchev–Trinajstić information content (AvgIpc) is 2.54. The summed E-state index contributed by atoms with van der Waals surface area (Å²) >= 11 is 0. The monoisotopic (exact) mass is 276 g/mol. The summed E-state index contributed by atoms with van der Waals surface area (Å²) in [5.41, 5.74) is 3.54. The summed E-state index contributed by atoms with van der Waals surface area (Å²) in [4.78, 5) is 4.60. The van der Waals surface area contributed by atoms with Crippen molar-refractivity contribution in [3.05, 3.63) is 66.0 Å². The minimum absolute atomic E-state index is 0.133. The number of hydrogen-bond acceptors (Lipinski definition) is 2. The highest BCUT2D eigenvalue weighted by Gasteiger charge is 2.06. The maximum Gasteiger partial charge on any atom is 0.123 e. The lowest BCUT2D eigenvalue weighted by atomic mass is 10.00. The van der Waals surface area contributed by atoms with E-state index < -0.39 is 0 Å². The standard InChI is InChI=1S/C18H13FN2/c1-12(11-20)14-4-8-18-15(10-14)5-9-17(21-18)13-2-6-16(19)7-3-13/h2-10,12H,1H3. The Kier molecular flexibility index (Phi) is 3.37. The Bertz CT molecular complexity index is 832. The van der Waals surface area contributed by atoms with Gasteiger partial charge in [-0.05, 0) is 55.0 Å². The third kappa shape index (κ3) is 2.61. The maximum atomic E-state index is 13.0. The molecule has 0 aliphatic heterocycles. The largest absolute Gasteiger partial charge is 0.248 e. The van der Waals surface area contributed by atoms with Gasteiger partial charge in [0.1, 0.15) is 5.82 Å². The molecule has 0 aliphatic rings. The van der Waals surface area contributed by atoms with Gasteiger partial charge in [0, 0.05) is 10.9 Å². The molecule has 0 amide bonds. The van der Waals surface area contributed by atoms with E-state index in [2.05, 4.69) is 11.1 Å². The van der Waals surface area contributed by atoms with Crippen LogP contribution in [0.1, 0.15) is 18.4 Å². The van der Waals surface area contributed by atoms with Crippen LogP contribution >= 0.6 is 0 Å². The van der Waals surface area contributed by atoms with Crippen molar-refractivity contribution in [2.45, 2.75) is 12.8 Å². The zero-order valence-corrected chi connectivity index (χ0v) is 11.5. The fraction of sp³-hybridized carbons (Fsp3) is 0.111. The molecule has 3 rings (SSSR count). The number of nitriles is 1. The van der Waals surface area contributed by atoms with Crippen molar-refractivity contribution in [1.29, 1.82) is 5.26 Å². The molecule has 0 N–H and O–H groups in total. The second kappa shape index (κ2) is 5.34. The van der Waals surface area contributed by atoms with E-state index in [-0.39, 0.29) is 11.7 Å². The van der Waals surface area contributed by atoms with Gasteiger partial charge < -0.3 is 0 Å². The predicted molar refractivity (Wildman–Crippen MR) is 81.2 cm³/mol. The smallest absolute Gasteiger partial charge is 0.123 e. The number of pyridine rings is 1. The lowest BCUT2D eigenvalue weighted by Crippen LogP contribution is -1.91. The van der Waals surface area contributed by atoms with Gasteiger partial charge in [0.25, 0.3) is 0 Å². The van der Waals surface area contributed by atoms with Crippen LogP contribution < -0.4 is 0 Å². The molecule has 0 spiro atoms. The first-order valence-corrected chi connectivity index (χ1v) is 6.73. The lowest BCUT2D eigenvalue weighted by molar-refractivity contribution is 0.628. The molecule has 1 atom stereocenters. The quantitative estimate of drug-likeness (QED) is 0.682. The second-order valence-electron chi connectivity index (χ2n) is 5.01. The SMILES string of the molecule is CC(C#N)c1ccc2nc(-c3ccc(F)cc3)ccc2c1. The Morgan fingerprint density at radius 1 is 1.05 bits per heavy atom. The first-order valence-electron chi connectivity index (χ1n) is 6.73. The Hall–Kier alpha value is -2.73. The Morgan fingerprint density at radius 2 is 1.81 bits per heavy atom. The molecule has 1 unspecified atom stereocenters. The van der Waals surface area contributed by atoms with Crippen LogP contribution in [0.5, 0.6) is 0 Å². The highest BCUT2D eigenvalue weighted by molar-refractivity contribution is 5.82. The molecule has 0 radical (unpaired) electrons. The van der Waals surface area contributed by atoms with E-state index in [1.54, 1.807) is 12.1 Å². The molecule has 0 aliphatic carbocycles. The molecular formula is C18H13FN2. The topological polar surface area (TPSA) is 36.7 Å². The van der Waals surface area contributed by atoms with Crippen molar-refractivity contribution < 1.29 is 4.39 Å². The van der Waals surface area contributed by atoms with Crippen LogP contribution in [0.3, 0.4) is 0 Å². The summed E-state index contributed by atoms with van der Waals surface area (Å²) in [5, 5.41) is 9.98. The van der Waals surface area contributed by atoms with Crippen molar-refractivity contribution in [3.63, 3.8) is 0 Å². The van der Waals surface area contributed by atoms with Gasteiger partial charge in [-0.15, -0.1) is 0 Å². The Balaban J connectivity index is 2.05. The number of nitrogens with zero attached hydrogens (tertiary/aromatic N) is 2. The van der Waals surface area contributed by atoms with E-state index in [1.807, 2.05) is 37.3 Å². The lowest BCUT2D eigenvalue weighted by Gasteiger charge is -2.07. The van der Waals surface area contributed by atoms with Gasteiger partial charge >= 0.3 is 0 Å². The van der Waals surface area contributed by atoms with Gasteiger partial charge in [-0.2, -0.15) is 5.26 Å². The van der Waals surface area contributed by atoms with Crippen LogP contribution in [0.15, 0.2) is 54.6 Å². The van der Waals surface area contributed by atoms with E-state index in [4.69, 9.17) is 5.26 Å². The fourth-order valence-corrected chi connectivity index (χ4v) is 2.27. The molecule has 21 heavy (non-hydrogen) atoms. The van der Waals surface area contributed by atoms with Crippen molar-refractivity contribution in [2.75, 3.05) is 0 Å².